The predicted octanol–water partition coefficient (Wildman–Crippen LogP) is 3.78. The first-order valence-corrected chi connectivity index (χ1v) is 11.3. The van der Waals surface area contributed by atoms with E-state index >= 15 is 0 Å². The van der Waals surface area contributed by atoms with Crippen LogP contribution in [0.1, 0.15) is 46.1 Å². The Morgan fingerprint density at radius 3 is 2.11 bits per heavy atom. The monoisotopic (exact) mass is 393 g/mol. The van der Waals surface area contributed by atoms with Crippen LogP contribution >= 0.6 is 0 Å². The van der Waals surface area contributed by atoms with Gasteiger partial charge in [0.2, 0.25) is 0 Å². The van der Waals surface area contributed by atoms with Crippen LogP contribution in [0.3, 0.4) is 0 Å². The standard InChI is InChI=1S/C21H37N3O2.C2H6/c1-3-5-15-25-17-18-26-16-10-22-19-20-6-8-21(9-7-20)24-13-11-23(4-2)12-14-24;1-2/h6-9,22H,3-5,10-19H2,1-2H3;1-2H3. The van der Waals surface area contributed by atoms with E-state index in [0.717, 1.165) is 52.4 Å². The fraction of sp³-hybridized carbons (Fsp3) is 0.739. The molecular formula is C23H43N3O2. The summed E-state index contributed by atoms with van der Waals surface area (Å²) in [4.78, 5) is 4.99. The van der Waals surface area contributed by atoms with Crippen molar-refractivity contribution in [1.82, 2.24) is 10.2 Å². The quantitative estimate of drug-likeness (QED) is 0.516. The molecule has 0 aromatic heterocycles. The smallest absolute Gasteiger partial charge is 0.0701 e. The highest BCUT2D eigenvalue weighted by atomic mass is 16.5. The number of rotatable bonds is 13. The minimum absolute atomic E-state index is 0.686. The second-order valence-electron chi connectivity index (χ2n) is 6.84. The SMILES string of the molecule is CC.CCCCOCCOCCNCc1ccc(N2CCN(CC)CC2)cc1. The number of piperazine rings is 1. The number of hydrogen-bond donors (Lipinski definition) is 1. The molecule has 5 heteroatoms. The average Bonchev–Trinajstić information content (AvgIpc) is 2.77. The molecule has 28 heavy (non-hydrogen) atoms. The van der Waals surface area contributed by atoms with Crippen LogP contribution in [0.5, 0.6) is 0 Å². The van der Waals surface area contributed by atoms with Gasteiger partial charge in [0, 0.05) is 51.6 Å². The van der Waals surface area contributed by atoms with Gasteiger partial charge in [-0.3, -0.25) is 0 Å². The Morgan fingerprint density at radius 2 is 1.50 bits per heavy atom. The van der Waals surface area contributed by atoms with E-state index in [2.05, 4.69) is 53.2 Å². The summed E-state index contributed by atoms with van der Waals surface area (Å²) in [6, 6.07) is 8.97. The molecule has 0 spiro atoms. The largest absolute Gasteiger partial charge is 0.379 e. The van der Waals surface area contributed by atoms with E-state index in [1.54, 1.807) is 0 Å². The van der Waals surface area contributed by atoms with Crippen molar-refractivity contribution in [3.05, 3.63) is 29.8 Å². The lowest BCUT2D eigenvalue weighted by atomic mass is 10.1. The normalized spacial score (nSPS) is 14.6. The summed E-state index contributed by atoms with van der Waals surface area (Å²) in [6.45, 7) is 18.9. The van der Waals surface area contributed by atoms with Gasteiger partial charge in [0.05, 0.1) is 19.8 Å². The van der Waals surface area contributed by atoms with Crippen molar-refractivity contribution in [2.75, 3.05) is 70.6 Å². The number of unbranched alkanes of at least 4 members (excludes halogenated alkanes) is 1. The Balaban J connectivity index is 0.00000190. The van der Waals surface area contributed by atoms with E-state index in [9.17, 15) is 0 Å². The molecule has 1 aromatic rings. The Labute approximate surface area is 173 Å². The highest BCUT2D eigenvalue weighted by Crippen LogP contribution is 2.17. The van der Waals surface area contributed by atoms with Crippen LogP contribution in [0.15, 0.2) is 24.3 Å². The van der Waals surface area contributed by atoms with Crippen LogP contribution in [0.2, 0.25) is 0 Å². The van der Waals surface area contributed by atoms with Gasteiger partial charge in [-0.1, -0.05) is 46.2 Å². The van der Waals surface area contributed by atoms with Crippen molar-refractivity contribution >= 4 is 5.69 Å². The van der Waals surface area contributed by atoms with Gasteiger partial charge in [-0.15, -0.1) is 0 Å². The van der Waals surface area contributed by atoms with E-state index < -0.39 is 0 Å². The van der Waals surface area contributed by atoms with Crippen LogP contribution in [-0.2, 0) is 16.0 Å². The van der Waals surface area contributed by atoms with E-state index in [4.69, 9.17) is 9.47 Å². The first kappa shape index (κ1) is 24.9. The maximum atomic E-state index is 5.57. The molecule has 0 unspecified atom stereocenters. The van der Waals surface area contributed by atoms with Crippen molar-refractivity contribution in [3.63, 3.8) is 0 Å². The lowest BCUT2D eigenvalue weighted by Crippen LogP contribution is -2.46. The third kappa shape index (κ3) is 10.4. The second kappa shape index (κ2) is 16.8. The molecule has 1 N–H and O–H groups in total. The molecule has 1 heterocycles. The van der Waals surface area contributed by atoms with E-state index in [1.807, 2.05) is 13.8 Å². The van der Waals surface area contributed by atoms with Crippen molar-refractivity contribution in [1.29, 1.82) is 0 Å². The molecule has 0 radical (unpaired) electrons. The molecule has 162 valence electrons. The van der Waals surface area contributed by atoms with Crippen LogP contribution < -0.4 is 10.2 Å². The molecule has 0 atom stereocenters. The van der Waals surface area contributed by atoms with Gasteiger partial charge < -0.3 is 24.6 Å². The average molecular weight is 394 g/mol. The molecule has 0 saturated carbocycles. The first-order chi connectivity index (χ1) is 13.8. The van der Waals surface area contributed by atoms with Gasteiger partial charge in [0.25, 0.3) is 0 Å². The Morgan fingerprint density at radius 1 is 0.857 bits per heavy atom. The number of likely N-dealkylation sites (N-methyl/N-ethyl adjacent to an activating group) is 1. The molecule has 1 aromatic carbocycles. The number of ether oxygens (including phenoxy) is 2. The van der Waals surface area contributed by atoms with E-state index in [0.29, 0.717) is 13.2 Å². The minimum Gasteiger partial charge on any atom is -0.379 e. The zero-order valence-corrected chi connectivity index (χ0v) is 18.7. The third-order valence-electron chi connectivity index (χ3n) is 4.89. The second-order valence-corrected chi connectivity index (χ2v) is 6.84. The van der Waals surface area contributed by atoms with Crippen molar-refractivity contribution in [2.24, 2.45) is 0 Å². The summed E-state index contributed by atoms with van der Waals surface area (Å²) >= 11 is 0. The number of hydrogen-bond acceptors (Lipinski definition) is 5. The molecule has 5 nitrogen and oxygen atoms in total. The molecule has 1 aliphatic heterocycles. The van der Waals surface area contributed by atoms with Crippen LogP contribution in [0, 0.1) is 0 Å². The van der Waals surface area contributed by atoms with Gasteiger partial charge in [-0.2, -0.15) is 0 Å². The van der Waals surface area contributed by atoms with Gasteiger partial charge >= 0.3 is 0 Å². The van der Waals surface area contributed by atoms with Crippen molar-refractivity contribution < 1.29 is 9.47 Å². The molecule has 1 aliphatic rings. The molecule has 2 rings (SSSR count). The summed E-state index contributed by atoms with van der Waals surface area (Å²) in [5.41, 5.74) is 2.67. The lowest BCUT2D eigenvalue weighted by Gasteiger charge is -2.35. The summed E-state index contributed by atoms with van der Waals surface area (Å²) in [5.74, 6) is 0. The molecule has 0 aliphatic carbocycles. The van der Waals surface area contributed by atoms with E-state index in [1.165, 1.54) is 30.8 Å². The van der Waals surface area contributed by atoms with Crippen LogP contribution in [0.25, 0.3) is 0 Å². The Hall–Kier alpha value is -1.14. The molecule has 1 fully saturated rings. The third-order valence-corrected chi connectivity index (χ3v) is 4.89. The fourth-order valence-corrected chi connectivity index (χ4v) is 3.09. The first-order valence-electron chi connectivity index (χ1n) is 11.3. The van der Waals surface area contributed by atoms with E-state index in [-0.39, 0.29) is 0 Å². The fourth-order valence-electron chi connectivity index (χ4n) is 3.09. The number of anilines is 1. The lowest BCUT2D eigenvalue weighted by molar-refractivity contribution is 0.0477. The topological polar surface area (TPSA) is 37.0 Å². The zero-order chi connectivity index (χ0) is 20.5. The maximum absolute atomic E-state index is 5.57. The number of benzene rings is 1. The Kier molecular flexibility index (Phi) is 14.9. The van der Waals surface area contributed by atoms with Crippen LogP contribution in [0.4, 0.5) is 5.69 Å². The summed E-state index contributed by atoms with van der Waals surface area (Å²) in [5, 5.41) is 3.44. The summed E-state index contributed by atoms with van der Waals surface area (Å²) in [6.07, 6.45) is 2.32. The molecule has 1 saturated heterocycles. The maximum Gasteiger partial charge on any atom is 0.0701 e. The van der Waals surface area contributed by atoms with Crippen LogP contribution in [-0.4, -0.2) is 70.6 Å². The molecule has 0 bridgehead atoms. The van der Waals surface area contributed by atoms with Crippen molar-refractivity contribution in [3.8, 4) is 0 Å². The molecule has 0 amide bonds. The summed E-state index contributed by atoms with van der Waals surface area (Å²) in [7, 11) is 0. The highest BCUT2D eigenvalue weighted by molar-refractivity contribution is 5.48. The van der Waals surface area contributed by atoms with Crippen molar-refractivity contribution in [2.45, 2.75) is 47.1 Å². The molecular weight excluding hydrogens is 350 g/mol. The van der Waals surface area contributed by atoms with Gasteiger partial charge in [-0.25, -0.2) is 0 Å². The minimum atomic E-state index is 0.686. The van der Waals surface area contributed by atoms with Gasteiger partial charge in [0.1, 0.15) is 0 Å². The Bertz CT molecular complexity index is 459. The zero-order valence-electron chi connectivity index (χ0n) is 18.7. The summed E-state index contributed by atoms with van der Waals surface area (Å²) < 4.78 is 11.0. The highest BCUT2D eigenvalue weighted by Gasteiger charge is 2.15. The number of nitrogens with zero attached hydrogens (tertiary/aromatic N) is 2. The predicted molar refractivity (Wildman–Crippen MR) is 120 cm³/mol. The van der Waals surface area contributed by atoms with Gasteiger partial charge in [-0.05, 0) is 30.7 Å². The number of nitrogens with one attached hydrogen (secondary N) is 1. The van der Waals surface area contributed by atoms with Gasteiger partial charge in [0.15, 0.2) is 0 Å².